The minimum absolute atomic E-state index is 0.159. The number of rotatable bonds is 0. The van der Waals surface area contributed by atoms with Crippen molar-refractivity contribution in [3.8, 4) is 0 Å². The van der Waals surface area contributed by atoms with E-state index in [2.05, 4.69) is 15.3 Å². The second-order valence-electron chi connectivity index (χ2n) is 0.812. The van der Waals surface area contributed by atoms with Crippen molar-refractivity contribution in [2.75, 3.05) is 6.73 Å². The van der Waals surface area contributed by atoms with E-state index < -0.39 is 6.15 Å². The van der Waals surface area contributed by atoms with E-state index in [0.29, 0.717) is 0 Å². The molecule has 0 amide bonds. The van der Waals surface area contributed by atoms with E-state index in [9.17, 15) is 4.39 Å². The number of nitrogens with zero attached hydrogens (tertiary/aromatic N) is 1. The second kappa shape index (κ2) is 1.12. The summed E-state index contributed by atoms with van der Waals surface area (Å²) in [5.41, 5.74) is 2.26. The van der Waals surface area contributed by atoms with Crippen molar-refractivity contribution in [2.24, 2.45) is 5.10 Å². The van der Waals surface area contributed by atoms with Crippen LogP contribution in [0.5, 0.6) is 0 Å². The van der Waals surface area contributed by atoms with Crippen LogP contribution in [0, 0.1) is 0 Å². The molecule has 6 heavy (non-hydrogen) atoms. The van der Waals surface area contributed by atoms with E-state index in [-0.39, 0.29) is 6.73 Å². The zero-order valence-corrected chi connectivity index (χ0v) is 2.94. The third-order valence-corrected chi connectivity index (χ3v) is 0.423. The maximum absolute atomic E-state index is 11.4. The first-order valence-corrected chi connectivity index (χ1v) is 1.48. The summed E-state index contributed by atoms with van der Waals surface area (Å²) in [4.78, 5) is 0. The van der Waals surface area contributed by atoms with Gasteiger partial charge in [0.15, 0.2) is 6.73 Å². The molecule has 0 aromatic carbocycles. The summed E-state index contributed by atoms with van der Waals surface area (Å²) in [7, 11) is 0. The number of hydrazone groups is 1. The summed E-state index contributed by atoms with van der Waals surface area (Å²) in [6.45, 7) is 0.159. The highest BCUT2D eigenvalue weighted by atomic mass is 19.1. The molecule has 0 radical (unpaired) electrons. The molecule has 0 unspecified atom stereocenters. The van der Waals surface area contributed by atoms with E-state index >= 15 is 0 Å². The standard InChI is InChI=1S/C2H3FN2O/c3-2-5-4-1-6-2/h4H,1H2. The Morgan fingerprint density at radius 3 is 3.00 bits per heavy atom. The van der Waals surface area contributed by atoms with Crippen molar-refractivity contribution in [1.82, 2.24) is 5.43 Å². The Bertz CT molecular complexity index is 81.6. The minimum Gasteiger partial charge on any atom is -0.433 e. The Labute approximate surface area is 33.8 Å². The summed E-state index contributed by atoms with van der Waals surface area (Å²) in [6, 6.07) is 0. The normalized spacial score (nSPS) is 18.5. The van der Waals surface area contributed by atoms with E-state index in [1.165, 1.54) is 0 Å². The van der Waals surface area contributed by atoms with E-state index in [1.807, 2.05) is 0 Å². The number of halogens is 1. The Kier molecular flexibility index (Phi) is 0.633. The fourth-order valence-electron chi connectivity index (χ4n) is 0.219. The lowest BCUT2D eigenvalue weighted by Crippen LogP contribution is -1.99. The van der Waals surface area contributed by atoms with Gasteiger partial charge in [0.2, 0.25) is 0 Å². The lowest BCUT2D eigenvalue weighted by atomic mass is 11.3. The molecule has 34 valence electrons. The van der Waals surface area contributed by atoms with Gasteiger partial charge in [0.25, 0.3) is 0 Å². The molecule has 0 bridgehead atoms. The summed E-state index contributed by atoms with van der Waals surface area (Å²) < 4.78 is 15.5. The van der Waals surface area contributed by atoms with Crippen LogP contribution in [0.15, 0.2) is 5.10 Å². The number of nitrogens with one attached hydrogen (secondary N) is 1. The molecule has 1 rings (SSSR count). The third-order valence-electron chi connectivity index (χ3n) is 0.423. The molecule has 0 saturated carbocycles. The van der Waals surface area contributed by atoms with E-state index in [1.54, 1.807) is 0 Å². The van der Waals surface area contributed by atoms with E-state index in [4.69, 9.17) is 0 Å². The Morgan fingerprint density at radius 1 is 2.00 bits per heavy atom. The van der Waals surface area contributed by atoms with Gasteiger partial charge < -0.3 is 4.74 Å². The average molecular weight is 90.1 g/mol. The second-order valence-corrected chi connectivity index (χ2v) is 0.812. The highest BCUT2D eigenvalue weighted by molar-refractivity contribution is 5.65. The van der Waals surface area contributed by atoms with Gasteiger partial charge in [-0.05, 0) is 0 Å². The molecule has 0 aliphatic carbocycles. The largest absolute Gasteiger partial charge is 0.433 e. The highest BCUT2D eigenvalue weighted by Gasteiger charge is 2.00. The topological polar surface area (TPSA) is 33.6 Å². The van der Waals surface area contributed by atoms with Crippen LogP contribution in [0.2, 0.25) is 0 Å². The molecule has 1 aliphatic rings. The van der Waals surface area contributed by atoms with Crippen LogP contribution in [-0.2, 0) is 4.74 Å². The summed E-state index contributed by atoms with van der Waals surface area (Å²) in [5.74, 6) is 0. The number of ether oxygens (including phenoxy) is 1. The van der Waals surface area contributed by atoms with Crippen LogP contribution in [0.1, 0.15) is 0 Å². The molecule has 0 saturated heterocycles. The molecular weight excluding hydrogens is 87.0 g/mol. The molecule has 3 nitrogen and oxygen atoms in total. The first-order valence-electron chi connectivity index (χ1n) is 1.48. The molecule has 4 heteroatoms. The average Bonchev–Trinajstić information content (AvgIpc) is 1.86. The Balaban J connectivity index is 2.45. The molecule has 1 N–H and O–H groups in total. The van der Waals surface area contributed by atoms with Crippen molar-refractivity contribution >= 4 is 6.15 Å². The lowest BCUT2D eigenvalue weighted by molar-refractivity contribution is 0.283. The number of hydrogen-bond acceptors (Lipinski definition) is 3. The molecule has 0 aromatic heterocycles. The van der Waals surface area contributed by atoms with Gasteiger partial charge in [0, 0.05) is 0 Å². The Morgan fingerprint density at radius 2 is 2.83 bits per heavy atom. The summed E-state index contributed by atoms with van der Waals surface area (Å²) in [6.07, 6.45) is -0.782. The minimum atomic E-state index is -0.782. The maximum Gasteiger partial charge on any atom is 0.395 e. The van der Waals surface area contributed by atoms with Crippen molar-refractivity contribution in [3.63, 3.8) is 0 Å². The highest BCUT2D eigenvalue weighted by Crippen LogP contribution is 1.86. The van der Waals surface area contributed by atoms with Crippen molar-refractivity contribution in [1.29, 1.82) is 0 Å². The lowest BCUT2D eigenvalue weighted by Gasteiger charge is -1.81. The molecule has 0 fully saturated rings. The molecule has 0 atom stereocenters. The van der Waals surface area contributed by atoms with Crippen LogP contribution in [0.25, 0.3) is 0 Å². The summed E-state index contributed by atoms with van der Waals surface area (Å²) >= 11 is 0. The molecular formula is C2H3FN2O. The summed E-state index contributed by atoms with van der Waals surface area (Å²) in [5, 5.41) is 3.01. The van der Waals surface area contributed by atoms with Crippen LogP contribution in [0.3, 0.4) is 0 Å². The Hall–Kier alpha value is -0.800. The molecule has 1 heterocycles. The van der Waals surface area contributed by atoms with E-state index in [0.717, 1.165) is 0 Å². The first kappa shape index (κ1) is 3.39. The van der Waals surface area contributed by atoms with Gasteiger partial charge in [-0.25, -0.2) is 0 Å². The first-order chi connectivity index (χ1) is 2.89. The third kappa shape index (κ3) is 0.403. The molecule has 1 aliphatic heterocycles. The predicted molar refractivity (Wildman–Crippen MR) is 17.6 cm³/mol. The van der Waals surface area contributed by atoms with Crippen molar-refractivity contribution in [3.05, 3.63) is 0 Å². The maximum atomic E-state index is 11.4. The molecule has 0 aromatic rings. The smallest absolute Gasteiger partial charge is 0.395 e. The van der Waals surface area contributed by atoms with Crippen molar-refractivity contribution < 1.29 is 9.13 Å². The van der Waals surface area contributed by atoms with Gasteiger partial charge in [0.1, 0.15) is 0 Å². The van der Waals surface area contributed by atoms with Gasteiger partial charge >= 0.3 is 6.15 Å². The van der Waals surface area contributed by atoms with Crippen LogP contribution >= 0.6 is 0 Å². The monoisotopic (exact) mass is 90.0 g/mol. The number of hydrogen-bond donors (Lipinski definition) is 1. The fourth-order valence-corrected chi connectivity index (χ4v) is 0.219. The molecule has 0 spiro atoms. The predicted octanol–water partition coefficient (Wildman–Crippen LogP) is -0.196. The van der Waals surface area contributed by atoms with Crippen LogP contribution in [0.4, 0.5) is 4.39 Å². The fraction of sp³-hybridized carbons (Fsp3) is 0.500. The quantitative estimate of drug-likeness (QED) is 0.447. The van der Waals surface area contributed by atoms with Gasteiger partial charge in [-0.1, -0.05) is 0 Å². The van der Waals surface area contributed by atoms with Gasteiger partial charge in [-0.3, -0.25) is 5.43 Å². The van der Waals surface area contributed by atoms with Gasteiger partial charge in [-0.15, -0.1) is 9.49 Å². The zero-order valence-electron chi connectivity index (χ0n) is 2.94. The van der Waals surface area contributed by atoms with Crippen molar-refractivity contribution in [2.45, 2.75) is 0 Å². The van der Waals surface area contributed by atoms with Crippen LogP contribution in [-0.4, -0.2) is 12.9 Å². The SMILES string of the molecule is FC1=NNCO1. The van der Waals surface area contributed by atoms with Gasteiger partial charge in [-0.2, -0.15) is 0 Å². The zero-order chi connectivity index (χ0) is 4.41. The van der Waals surface area contributed by atoms with Gasteiger partial charge in [0.05, 0.1) is 0 Å². The van der Waals surface area contributed by atoms with Crippen LogP contribution < -0.4 is 5.43 Å².